The van der Waals surface area contributed by atoms with E-state index in [4.69, 9.17) is 0 Å². The number of alkyl halides is 2. The molecule has 4 aliphatic rings. The number of fused-ring (bicyclic) bond motifs is 2. The molecule has 0 amide bonds. The highest BCUT2D eigenvalue weighted by atomic mass is 19.3. The van der Waals surface area contributed by atoms with E-state index in [-0.39, 0.29) is 31.0 Å². The molecule has 200 valence electrons. The molecule has 0 radical (unpaired) electrons. The van der Waals surface area contributed by atoms with Crippen molar-refractivity contribution in [2.45, 2.75) is 68.9 Å². The van der Waals surface area contributed by atoms with Crippen LogP contribution in [0.3, 0.4) is 0 Å². The molecule has 4 unspecified atom stereocenters. The molecule has 2 aromatic rings. The fourth-order valence-electron chi connectivity index (χ4n) is 7.12. The number of piperazine rings is 2. The lowest BCUT2D eigenvalue weighted by molar-refractivity contribution is -0.122. The maximum atomic E-state index is 14.9. The molecule has 4 aliphatic heterocycles. The molecular formula is C30H40F2N4O. The SMILES string of the molecule is OC1CCN2CCN(Cc3ccc(C4CC(F)(F)CC5CN(Cc6ccccc6)CCN54)cc3)CC2C1. The number of hydrogen-bond donors (Lipinski definition) is 1. The van der Waals surface area contributed by atoms with Crippen molar-refractivity contribution in [3.8, 4) is 0 Å². The van der Waals surface area contributed by atoms with E-state index in [0.717, 1.165) is 70.8 Å². The fraction of sp³-hybridized carbons (Fsp3) is 0.600. The van der Waals surface area contributed by atoms with E-state index in [1.807, 2.05) is 18.2 Å². The smallest absolute Gasteiger partial charge is 0.251 e. The molecule has 2 aromatic carbocycles. The van der Waals surface area contributed by atoms with Crippen molar-refractivity contribution in [2.24, 2.45) is 0 Å². The monoisotopic (exact) mass is 510 g/mol. The summed E-state index contributed by atoms with van der Waals surface area (Å²) in [7, 11) is 0. The minimum absolute atomic E-state index is 0.0469. The van der Waals surface area contributed by atoms with Gasteiger partial charge in [-0.1, -0.05) is 54.6 Å². The van der Waals surface area contributed by atoms with Crippen LogP contribution in [0.15, 0.2) is 54.6 Å². The molecule has 5 nitrogen and oxygen atoms in total. The second-order valence-electron chi connectivity index (χ2n) is 11.7. The highest BCUT2D eigenvalue weighted by Gasteiger charge is 2.47. The van der Waals surface area contributed by atoms with Crippen molar-refractivity contribution < 1.29 is 13.9 Å². The Morgan fingerprint density at radius 1 is 0.757 bits per heavy atom. The van der Waals surface area contributed by atoms with Gasteiger partial charge in [-0.05, 0) is 29.5 Å². The van der Waals surface area contributed by atoms with Gasteiger partial charge in [-0.15, -0.1) is 0 Å². The first-order valence-electron chi connectivity index (χ1n) is 14.0. The summed E-state index contributed by atoms with van der Waals surface area (Å²) in [5, 5.41) is 10.1. The van der Waals surface area contributed by atoms with Crippen LogP contribution in [0.5, 0.6) is 0 Å². The van der Waals surface area contributed by atoms with E-state index in [1.165, 1.54) is 11.1 Å². The maximum Gasteiger partial charge on any atom is 0.251 e. The van der Waals surface area contributed by atoms with E-state index >= 15 is 0 Å². The van der Waals surface area contributed by atoms with Crippen LogP contribution in [0, 0.1) is 0 Å². The molecule has 7 heteroatoms. The summed E-state index contributed by atoms with van der Waals surface area (Å²) < 4.78 is 29.9. The van der Waals surface area contributed by atoms with Crippen LogP contribution < -0.4 is 0 Å². The molecule has 4 fully saturated rings. The van der Waals surface area contributed by atoms with Gasteiger partial charge < -0.3 is 5.11 Å². The number of piperidine rings is 2. The Bertz CT molecular complexity index is 1040. The molecule has 37 heavy (non-hydrogen) atoms. The van der Waals surface area contributed by atoms with Gasteiger partial charge >= 0.3 is 0 Å². The summed E-state index contributed by atoms with van der Waals surface area (Å²) in [6.45, 7) is 8.23. The molecule has 0 aromatic heterocycles. The van der Waals surface area contributed by atoms with Crippen molar-refractivity contribution >= 4 is 0 Å². The lowest BCUT2D eigenvalue weighted by Crippen LogP contribution is -2.58. The van der Waals surface area contributed by atoms with Crippen molar-refractivity contribution in [1.29, 1.82) is 0 Å². The molecule has 4 atom stereocenters. The van der Waals surface area contributed by atoms with E-state index in [9.17, 15) is 13.9 Å². The van der Waals surface area contributed by atoms with Crippen LogP contribution in [0.4, 0.5) is 8.78 Å². The Balaban J connectivity index is 1.10. The molecule has 0 spiro atoms. The minimum atomic E-state index is -2.63. The van der Waals surface area contributed by atoms with Crippen LogP contribution in [-0.4, -0.2) is 94.6 Å². The quantitative estimate of drug-likeness (QED) is 0.658. The van der Waals surface area contributed by atoms with Gasteiger partial charge in [0.2, 0.25) is 0 Å². The lowest BCUT2D eigenvalue weighted by atomic mass is 9.86. The van der Waals surface area contributed by atoms with Crippen molar-refractivity contribution in [1.82, 2.24) is 19.6 Å². The molecule has 1 N–H and O–H groups in total. The van der Waals surface area contributed by atoms with Crippen LogP contribution in [0.1, 0.15) is 48.4 Å². The van der Waals surface area contributed by atoms with E-state index in [1.54, 1.807) is 0 Å². The first-order chi connectivity index (χ1) is 17.9. The zero-order valence-corrected chi connectivity index (χ0v) is 21.7. The zero-order valence-electron chi connectivity index (χ0n) is 21.7. The molecule has 0 saturated carbocycles. The number of rotatable bonds is 5. The summed E-state index contributed by atoms with van der Waals surface area (Å²) in [5.41, 5.74) is 3.50. The van der Waals surface area contributed by atoms with Gasteiger partial charge in [0.25, 0.3) is 5.92 Å². The van der Waals surface area contributed by atoms with Gasteiger partial charge in [0.15, 0.2) is 0 Å². The molecular weight excluding hydrogens is 470 g/mol. The summed E-state index contributed by atoms with van der Waals surface area (Å²) in [6, 6.07) is 18.9. The normalized spacial score (nSPS) is 31.5. The predicted molar refractivity (Wildman–Crippen MR) is 141 cm³/mol. The second-order valence-corrected chi connectivity index (χ2v) is 11.7. The number of halogens is 2. The second kappa shape index (κ2) is 10.7. The topological polar surface area (TPSA) is 33.2 Å². The van der Waals surface area contributed by atoms with Gasteiger partial charge in [0, 0.05) is 89.9 Å². The first-order valence-corrected chi connectivity index (χ1v) is 14.0. The highest BCUT2D eigenvalue weighted by molar-refractivity contribution is 5.27. The standard InChI is InChI=1S/C30H40F2N4O/c31-30(32)17-27-22-34(19-23-4-2-1-3-5-23)13-15-36(27)29(18-30)25-8-6-24(7-9-25)20-33-12-14-35-11-10-28(37)16-26(35)21-33/h1-9,26-29,37H,10-22H2. The van der Waals surface area contributed by atoms with Crippen LogP contribution in [0.2, 0.25) is 0 Å². The minimum Gasteiger partial charge on any atom is -0.393 e. The molecule has 6 rings (SSSR count). The molecule has 4 saturated heterocycles. The highest BCUT2D eigenvalue weighted by Crippen LogP contribution is 2.44. The van der Waals surface area contributed by atoms with E-state index < -0.39 is 5.92 Å². The Kier molecular flexibility index (Phi) is 7.34. The van der Waals surface area contributed by atoms with Crippen molar-refractivity contribution in [3.63, 3.8) is 0 Å². The number of aliphatic hydroxyl groups is 1. The Morgan fingerprint density at radius 3 is 2.19 bits per heavy atom. The number of hydrogen-bond acceptors (Lipinski definition) is 5. The van der Waals surface area contributed by atoms with Gasteiger partial charge in [-0.25, -0.2) is 8.78 Å². The first kappa shape index (κ1) is 25.4. The zero-order chi connectivity index (χ0) is 25.4. The van der Waals surface area contributed by atoms with Crippen LogP contribution in [-0.2, 0) is 13.1 Å². The van der Waals surface area contributed by atoms with Gasteiger partial charge in [-0.3, -0.25) is 19.6 Å². The molecule has 0 aliphatic carbocycles. The number of nitrogens with zero attached hydrogens (tertiary/aromatic N) is 4. The Hall–Kier alpha value is -1.90. The molecule has 0 bridgehead atoms. The fourth-order valence-corrected chi connectivity index (χ4v) is 7.12. The van der Waals surface area contributed by atoms with Gasteiger partial charge in [0.1, 0.15) is 0 Å². The number of aliphatic hydroxyl groups excluding tert-OH is 1. The van der Waals surface area contributed by atoms with Crippen molar-refractivity contribution in [3.05, 3.63) is 71.3 Å². The maximum absolute atomic E-state index is 14.9. The predicted octanol–water partition coefficient (Wildman–Crippen LogP) is 3.98. The number of benzene rings is 2. The lowest BCUT2D eigenvalue weighted by Gasteiger charge is -2.50. The van der Waals surface area contributed by atoms with Crippen LogP contribution >= 0.6 is 0 Å². The van der Waals surface area contributed by atoms with Crippen molar-refractivity contribution in [2.75, 3.05) is 45.8 Å². The summed E-state index contributed by atoms with van der Waals surface area (Å²) in [4.78, 5) is 9.68. The van der Waals surface area contributed by atoms with Gasteiger partial charge in [-0.2, -0.15) is 0 Å². The largest absolute Gasteiger partial charge is 0.393 e. The molecule has 4 heterocycles. The van der Waals surface area contributed by atoms with Gasteiger partial charge in [0.05, 0.1) is 6.10 Å². The van der Waals surface area contributed by atoms with E-state index in [0.29, 0.717) is 12.6 Å². The van der Waals surface area contributed by atoms with Crippen LogP contribution in [0.25, 0.3) is 0 Å². The third kappa shape index (κ3) is 5.91. The third-order valence-electron chi connectivity index (χ3n) is 9.04. The Labute approximate surface area is 219 Å². The average molecular weight is 511 g/mol. The summed E-state index contributed by atoms with van der Waals surface area (Å²) in [6.07, 6.45) is 1.45. The third-order valence-corrected chi connectivity index (χ3v) is 9.04. The average Bonchev–Trinajstić information content (AvgIpc) is 2.88. The summed E-state index contributed by atoms with van der Waals surface area (Å²) >= 11 is 0. The Morgan fingerprint density at radius 2 is 1.43 bits per heavy atom. The summed E-state index contributed by atoms with van der Waals surface area (Å²) in [5.74, 6) is -2.63. The van der Waals surface area contributed by atoms with E-state index in [2.05, 4.69) is 56.0 Å².